The Hall–Kier alpha value is -0.810. The maximum Gasteiger partial charge on any atom is 0.0958 e. The number of piperidine rings is 1. The minimum absolute atomic E-state index is 0. The van der Waals surface area contributed by atoms with Crippen LogP contribution in [-0.2, 0) is 6.54 Å². The van der Waals surface area contributed by atoms with Crippen molar-refractivity contribution in [2.24, 2.45) is 0 Å². The number of nitrogens with zero attached hydrogens (tertiary/aromatic N) is 2. The van der Waals surface area contributed by atoms with Gasteiger partial charge in [0.25, 0.3) is 0 Å². The molecule has 4 nitrogen and oxygen atoms in total. The zero-order chi connectivity index (χ0) is 14.8. The SMILES string of the molecule is Cc1ccc2c(ncn2CCCC2NCCCC2O)c1C.Cl.Cl. The monoisotopic (exact) mass is 359 g/mol. The average Bonchev–Trinajstić information content (AvgIpc) is 2.89. The average molecular weight is 360 g/mol. The van der Waals surface area contributed by atoms with E-state index in [1.807, 2.05) is 6.33 Å². The third-order valence-electron chi connectivity index (χ3n) is 4.78. The van der Waals surface area contributed by atoms with Gasteiger partial charge in [0.05, 0.1) is 23.5 Å². The van der Waals surface area contributed by atoms with Crippen LogP contribution in [0.4, 0.5) is 0 Å². The third kappa shape index (κ3) is 4.38. The topological polar surface area (TPSA) is 50.1 Å². The van der Waals surface area contributed by atoms with Crippen molar-refractivity contribution in [1.82, 2.24) is 14.9 Å². The van der Waals surface area contributed by atoms with Gasteiger partial charge in [0.15, 0.2) is 0 Å². The zero-order valence-electron chi connectivity index (χ0n) is 13.8. The van der Waals surface area contributed by atoms with Crippen LogP contribution in [0, 0.1) is 13.8 Å². The highest BCUT2D eigenvalue weighted by atomic mass is 35.5. The summed E-state index contributed by atoms with van der Waals surface area (Å²) in [5, 5.41) is 13.4. The van der Waals surface area contributed by atoms with Gasteiger partial charge in [-0.05, 0) is 63.3 Å². The minimum Gasteiger partial charge on any atom is -0.392 e. The summed E-state index contributed by atoms with van der Waals surface area (Å²) >= 11 is 0. The number of hydrogen-bond donors (Lipinski definition) is 2. The van der Waals surface area contributed by atoms with E-state index < -0.39 is 0 Å². The predicted molar refractivity (Wildman–Crippen MR) is 100.0 cm³/mol. The Bertz CT molecular complexity index is 630. The van der Waals surface area contributed by atoms with Crippen LogP contribution in [0.1, 0.15) is 36.8 Å². The van der Waals surface area contributed by atoms with E-state index in [1.54, 1.807) is 0 Å². The Balaban J connectivity index is 0.00000132. The van der Waals surface area contributed by atoms with Gasteiger partial charge in [0.1, 0.15) is 0 Å². The molecule has 2 N–H and O–H groups in total. The van der Waals surface area contributed by atoms with Crippen molar-refractivity contribution in [3.63, 3.8) is 0 Å². The maximum absolute atomic E-state index is 9.98. The molecular weight excluding hydrogens is 333 g/mol. The molecule has 1 aliphatic heterocycles. The summed E-state index contributed by atoms with van der Waals surface area (Å²) < 4.78 is 2.23. The summed E-state index contributed by atoms with van der Waals surface area (Å²) in [6.07, 6.45) is 5.87. The second-order valence-electron chi connectivity index (χ2n) is 6.23. The first-order chi connectivity index (χ1) is 10.2. The number of benzene rings is 1. The summed E-state index contributed by atoms with van der Waals surface area (Å²) in [5.74, 6) is 0. The van der Waals surface area contributed by atoms with E-state index in [1.165, 1.54) is 16.6 Å². The molecule has 2 atom stereocenters. The lowest BCUT2D eigenvalue weighted by molar-refractivity contribution is 0.0909. The minimum atomic E-state index is -0.178. The van der Waals surface area contributed by atoms with Crippen LogP contribution >= 0.6 is 24.8 Å². The van der Waals surface area contributed by atoms with Crippen LogP contribution in [0.25, 0.3) is 11.0 Å². The van der Waals surface area contributed by atoms with Gasteiger partial charge in [-0.15, -0.1) is 24.8 Å². The summed E-state index contributed by atoms with van der Waals surface area (Å²) in [6, 6.07) is 4.60. The van der Waals surface area contributed by atoms with E-state index in [9.17, 15) is 5.11 Å². The van der Waals surface area contributed by atoms with E-state index in [-0.39, 0.29) is 37.0 Å². The molecular formula is C17H27Cl2N3O. The van der Waals surface area contributed by atoms with Gasteiger partial charge >= 0.3 is 0 Å². The highest BCUT2D eigenvalue weighted by Gasteiger charge is 2.21. The number of hydrogen-bond acceptors (Lipinski definition) is 3. The number of halogens is 2. The van der Waals surface area contributed by atoms with Crippen LogP contribution in [0.5, 0.6) is 0 Å². The second-order valence-corrected chi connectivity index (χ2v) is 6.23. The zero-order valence-corrected chi connectivity index (χ0v) is 15.4. The Morgan fingerprint density at radius 2 is 2.09 bits per heavy atom. The van der Waals surface area contributed by atoms with Crippen LogP contribution in [-0.4, -0.2) is 33.3 Å². The van der Waals surface area contributed by atoms with Crippen molar-refractivity contribution in [2.75, 3.05) is 6.54 Å². The fraction of sp³-hybridized carbons (Fsp3) is 0.588. The molecule has 0 amide bonds. The normalized spacial score (nSPS) is 20.8. The van der Waals surface area contributed by atoms with Crippen molar-refractivity contribution >= 4 is 35.8 Å². The number of aliphatic hydroxyl groups excluding tert-OH is 1. The van der Waals surface area contributed by atoms with Crippen molar-refractivity contribution in [2.45, 2.75) is 58.2 Å². The van der Waals surface area contributed by atoms with Crippen LogP contribution in [0.3, 0.4) is 0 Å². The van der Waals surface area contributed by atoms with Gasteiger partial charge in [0, 0.05) is 12.6 Å². The summed E-state index contributed by atoms with van der Waals surface area (Å²) in [4.78, 5) is 4.56. The summed E-state index contributed by atoms with van der Waals surface area (Å²) in [6.45, 7) is 6.26. The molecule has 1 aliphatic rings. The van der Waals surface area contributed by atoms with Crippen LogP contribution in [0.2, 0.25) is 0 Å². The van der Waals surface area contributed by atoms with E-state index >= 15 is 0 Å². The summed E-state index contributed by atoms with van der Waals surface area (Å²) in [5.41, 5.74) is 4.90. The molecule has 1 saturated heterocycles. The molecule has 1 aromatic heterocycles. The number of fused-ring (bicyclic) bond motifs is 1. The molecule has 1 fully saturated rings. The molecule has 2 heterocycles. The van der Waals surface area contributed by atoms with Gasteiger partial charge in [-0.1, -0.05) is 6.07 Å². The van der Waals surface area contributed by atoms with Crippen LogP contribution in [0.15, 0.2) is 18.5 Å². The molecule has 23 heavy (non-hydrogen) atoms. The molecule has 130 valence electrons. The van der Waals surface area contributed by atoms with E-state index in [2.05, 4.69) is 40.8 Å². The highest BCUT2D eigenvalue weighted by molar-refractivity contribution is 5.85. The predicted octanol–water partition coefficient (Wildman–Crippen LogP) is 3.39. The number of aryl methyl sites for hydroxylation is 3. The molecule has 0 spiro atoms. The van der Waals surface area contributed by atoms with E-state index in [0.29, 0.717) is 0 Å². The Morgan fingerprint density at radius 1 is 1.30 bits per heavy atom. The van der Waals surface area contributed by atoms with Gasteiger partial charge in [-0.25, -0.2) is 4.98 Å². The Labute approximate surface area is 150 Å². The standard InChI is InChI=1S/C17H25N3O.2ClH/c1-12-7-8-15-17(13(12)2)19-11-20(15)10-4-5-14-16(21)6-3-9-18-14;;/h7-8,11,14,16,18,21H,3-6,9-10H2,1-2H3;2*1H. The van der Waals surface area contributed by atoms with Gasteiger partial charge < -0.3 is 15.0 Å². The molecule has 0 bridgehead atoms. The molecule has 3 rings (SSSR count). The van der Waals surface area contributed by atoms with E-state index in [0.717, 1.165) is 44.3 Å². The van der Waals surface area contributed by atoms with Crippen molar-refractivity contribution in [3.8, 4) is 0 Å². The molecule has 0 aliphatic carbocycles. The number of nitrogens with one attached hydrogen (secondary N) is 1. The smallest absolute Gasteiger partial charge is 0.0958 e. The largest absolute Gasteiger partial charge is 0.392 e. The van der Waals surface area contributed by atoms with Gasteiger partial charge in [0.2, 0.25) is 0 Å². The first-order valence-corrected chi connectivity index (χ1v) is 7.99. The lowest BCUT2D eigenvalue weighted by atomic mass is 9.97. The molecule has 0 saturated carbocycles. The maximum atomic E-state index is 9.98. The fourth-order valence-electron chi connectivity index (χ4n) is 3.26. The number of rotatable bonds is 4. The third-order valence-corrected chi connectivity index (χ3v) is 4.78. The molecule has 0 radical (unpaired) electrons. The number of imidazole rings is 1. The Kier molecular flexibility index (Phi) is 7.81. The van der Waals surface area contributed by atoms with Gasteiger partial charge in [-0.3, -0.25) is 0 Å². The lowest BCUT2D eigenvalue weighted by Crippen LogP contribution is -2.44. The van der Waals surface area contributed by atoms with Gasteiger partial charge in [-0.2, -0.15) is 0 Å². The number of aliphatic hydroxyl groups is 1. The van der Waals surface area contributed by atoms with Crippen molar-refractivity contribution in [1.29, 1.82) is 0 Å². The molecule has 1 aromatic carbocycles. The quantitative estimate of drug-likeness (QED) is 0.879. The van der Waals surface area contributed by atoms with Crippen molar-refractivity contribution in [3.05, 3.63) is 29.6 Å². The molecule has 2 unspecified atom stereocenters. The second kappa shape index (κ2) is 8.88. The van der Waals surface area contributed by atoms with Crippen LogP contribution < -0.4 is 5.32 Å². The van der Waals surface area contributed by atoms with Crippen molar-refractivity contribution < 1.29 is 5.11 Å². The highest BCUT2D eigenvalue weighted by Crippen LogP contribution is 2.21. The Morgan fingerprint density at radius 3 is 2.83 bits per heavy atom. The fourth-order valence-corrected chi connectivity index (χ4v) is 3.26. The molecule has 2 aromatic rings. The first kappa shape index (κ1) is 20.2. The summed E-state index contributed by atoms with van der Waals surface area (Å²) in [7, 11) is 0. The number of aromatic nitrogens is 2. The lowest BCUT2D eigenvalue weighted by Gasteiger charge is -2.29. The first-order valence-electron chi connectivity index (χ1n) is 7.99. The van der Waals surface area contributed by atoms with E-state index in [4.69, 9.17) is 0 Å². The molecule has 6 heteroatoms.